The number of piperazine rings is 1. The minimum Gasteiger partial charge on any atom is -0.444 e. The Morgan fingerprint density at radius 1 is 1.23 bits per heavy atom. The van der Waals surface area contributed by atoms with Crippen LogP contribution in [-0.4, -0.2) is 61.1 Å². The van der Waals surface area contributed by atoms with Gasteiger partial charge in [-0.3, -0.25) is 9.30 Å². The lowest BCUT2D eigenvalue weighted by molar-refractivity contribution is 0.0123. The third-order valence-corrected chi connectivity index (χ3v) is 6.36. The van der Waals surface area contributed by atoms with Gasteiger partial charge in [-0.25, -0.2) is 14.8 Å². The summed E-state index contributed by atoms with van der Waals surface area (Å²) >= 11 is 9.85. The molecule has 2 aliphatic rings. The summed E-state index contributed by atoms with van der Waals surface area (Å²) in [6, 6.07) is 2.08. The number of hydrogen-bond acceptors (Lipinski definition) is 6. The van der Waals surface area contributed by atoms with Crippen LogP contribution in [0.15, 0.2) is 22.9 Å². The molecule has 0 aliphatic carbocycles. The quantitative estimate of drug-likeness (QED) is 0.471. The lowest BCUT2D eigenvalue weighted by Crippen LogP contribution is -2.57. The summed E-state index contributed by atoms with van der Waals surface area (Å²) in [7, 11) is 0. The molecule has 5 heterocycles. The number of fused-ring (bicyclic) bond motifs is 5. The van der Waals surface area contributed by atoms with E-state index in [1.807, 2.05) is 42.3 Å². The zero-order chi connectivity index (χ0) is 21.2. The first kappa shape index (κ1) is 19.8. The van der Waals surface area contributed by atoms with Gasteiger partial charge in [-0.2, -0.15) is 4.98 Å². The molecular weight excluding hydrogens is 472 g/mol. The van der Waals surface area contributed by atoms with Gasteiger partial charge in [0.1, 0.15) is 11.1 Å². The monoisotopic (exact) mass is 492 g/mol. The zero-order valence-corrected chi connectivity index (χ0v) is 19.3. The lowest BCUT2D eigenvalue weighted by atomic mass is 10.1. The van der Waals surface area contributed by atoms with Crippen LogP contribution >= 0.6 is 27.5 Å². The molecule has 3 aromatic heterocycles. The maximum Gasteiger partial charge on any atom is 0.410 e. The summed E-state index contributed by atoms with van der Waals surface area (Å²) in [6.07, 6.45) is 5.31. The summed E-state index contributed by atoms with van der Waals surface area (Å²) in [5.41, 5.74) is 1.89. The second-order valence-electron chi connectivity index (χ2n) is 8.84. The Morgan fingerprint density at radius 2 is 1.93 bits per heavy atom. The highest BCUT2D eigenvalue weighted by Gasteiger charge is 2.45. The minimum absolute atomic E-state index is 0.0797. The minimum atomic E-state index is -0.509. The van der Waals surface area contributed by atoms with Gasteiger partial charge in [-0.05, 0) is 67.2 Å². The van der Waals surface area contributed by atoms with E-state index in [2.05, 4.69) is 35.8 Å². The van der Waals surface area contributed by atoms with Crippen LogP contribution in [0.5, 0.6) is 0 Å². The number of amides is 1. The highest BCUT2D eigenvalue weighted by atomic mass is 79.9. The number of hydrogen-bond donors (Lipinski definition) is 0. The molecule has 0 N–H and O–H groups in total. The smallest absolute Gasteiger partial charge is 0.410 e. The van der Waals surface area contributed by atoms with Crippen LogP contribution in [0.3, 0.4) is 0 Å². The summed E-state index contributed by atoms with van der Waals surface area (Å²) in [6.45, 7) is 7.03. The fraction of sp³-hybridized carbons (Fsp3) is 0.500. The number of ether oxygens (including phenoxy) is 1. The van der Waals surface area contributed by atoms with Gasteiger partial charge in [0.15, 0.2) is 11.5 Å². The molecule has 30 heavy (non-hydrogen) atoms. The fourth-order valence-corrected chi connectivity index (χ4v) is 5.20. The van der Waals surface area contributed by atoms with Gasteiger partial charge in [-0.15, -0.1) is 0 Å². The molecule has 0 radical (unpaired) electrons. The van der Waals surface area contributed by atoms with Crippen LogP contribution < -0.4 is 4.90 Å². The topological polar surface area (TPSA) is 75.9 Å². The van der Waals surface area contributed by atoms with Crippen molar-refractivity contribution in [1.82, 2.24) is 24.3 Å². The SMILES string of the molecule is CC(C)(C)OC(=O)N1[C@@H]2CC[C@H]1CN(c1nc(Cl)nc3cc(Br)c4nccn4c13)C2. The number of pyridine rings is 1. The van der Waals surface area contributed by atoms with Crippen LogP contribution in [-0.2, 0) is 4.74 Å². The van der Waals surface area contributed by atoms with Gasteiger partial charge >= 0.3 is 6.09 Å². The Balaban J connectivity index is 1.54. The van der Waals surface area contributed by atoms with Gasteiger partial charge in [-0.1, -0.05) is 0 Å². The van der Waals surface area contributed by atoms with Crippen molar-refractivity contribution in [3.05, 3.63) is 28.2 Å². The number of carbonyl (C=O) groups is 1. The first-order valence-electron chi connectivity index (χ1n) is 9.96. The summed E-state index contributed by atoms with van der Waals surface area (Å²) < 4.78 is 8.48. The van der Waals surface area contributed by atoms with E-state index in [9.17, 15) is 4.79 Å². The van der Waals surface area contributed by atoms with Crippen molar-refractivity contribution in [2.75, 3.05) is 18.0 Å². The fourth-order valence-electron chi connectivity index (χ4n) is 4.52. The van der Waals surface area contributed by atoms with E-state index >= 15 is 0 Å². The van der Waals surface area contributed by atoms with Crippen molar-refractivity contribution < 1.29 is 9.53 Å². The Bertz CT molecular complexity index is 1150. The van der Waals surface area contributed by atoms with Crippen molar-refractivity contribution in [3.63, 3.8) is 0 Å². The predicted octanol–water partition coefficient (Wildman–Crippen LogP) is 4.28. The van der Waals surface area contributed by atoms with Crippen LogP contribution in [0.25, 0.3) is 16.7 Å². The van der Waals surface area contributed by atoms with Gasteiger partial charge in [0.2, 0.25) is 5.28 Å². The van der Waals surface area contributed by atoms with E-state index in [0.717, 1.165) is 39.8 Å². The number of aromatic nitrogens is 4. The largest absolute Gasteiger partial charge is 0.444 e. The Labute approximate surface area is 187 Å². The molecular formula is C20H22BrClN6O2. The molecule has 0 unspecified atom stereocenters. The van der Waals surface area contributed by atoms with Gasteiger partial charge in [0.25, 0.3) is 0 Å². The molecule has 0 saturated carbocycles. The normalized spacial score (nSPS) is 21.6. The number of carbonyl (C=O) groups excluding carboxylic acids is 1. The first-order valence-corrected chi connectivity index (χ1v) is 11.1. The number of nitrogens with zero attached hydrogens (tertiary/aromatic N) is 6. The second-order valence-corrected chi connectivity index (χ2v) is 10.0. The molecule has 2 aliphatic heterocycles. The molecule has 8 nitrogen and oxygen atoms in total. The maximum atomic E-state index is 12.8. The molecule has 0 spiro atoms. The number of halogens is 2. The number of imidazole rings is 1. The molecule has 158 valence electrons. The van der Waals surface area contributed by atoms with Crippen LogP contribution in [0.1, 0.15) is 33.6 Å². The highest BCUT2D eigenvalue weighted by Crippen LogP contribution is 2.36. The summed E-state index contributed by atoms with van der Waals surface area (Å²) in [5.74, 6) is 0.765. The molecule has 2 fully saturated rings. The molecule has 0 aromatic carbocycles. The van der Waals surface area contributed by atoms with Gasteiger partial charge in [0.05, 0.1) is 22.1 Å². The van der Waals surface area contributed by atoms with Gasteiger partial charge < -0.3 is 9.64 Å². The molecule has 1 amide bonds. The van der Waals surface area contributed by atoms with Crippen molar-refractivity contribution in [3.8, 4) is 0 Å². The third kappa shape index (κ3) is 3.28. The number of anilines is 1. The average molecular weight is 494 g/mol. The first-order chi connectivity index (χ1) is 14.2. The van der Waals surface area contributed by atoms with Crippen molar-refractivity contribution >= 4 is 56.1 Å². The zero-order valence-electron chi connectivity index (χ0n) is 17.0. The van der Waals surface area contributed by atoms with Crippen molar-refractivity contribution in [2.45, 2.75) is 51.3 Å². The molecule has 3 aromatic rings. The Kier molecular flexibility index (Phi) is 4.59. The van der Waals surface area contributed by atoms with Gasteiger partial charge in [0, 0.05) is 25.5 Å². The van der Waals surface area contributed by atoms with E-state index in [1.54, 1.807) is 6.20 Å². The Hall–Kier alpha value is -2.13. The van der Waals surface area contributed by atoms with E-state index in [0.29, 0.717) is 13.1 Å². The molecule has 2 atom stereocenters. The van der Waals surface area contributed by atoms with Crippen LogP contribution in [0.2, 0.25) is 5.28 Å². The average Bonchev–Trinajstić information content (AvgIpc) is 3.23. The van der Waals surface area contributed by atoms with Crippen LogP contribution in [0.4, 0.5) is 10.6 Å². The van der Waals surface area contributed by atoms with E-state index in [4.69, 9.17) is 16.3 Å². The third-order valence-electron chi connectivity index (χ3n) is 5.61. The second kappa shape index (κ2) is 6.95. The highest BCUT2D eigenvalue weighted by molar-refractivity contribution is 9.10. The van der Waals surface area contributed by atoms with Crippen molar-refractivity contribution in [1.29, 1.82) is 0 Å². The molecule has 10 heteroatoms. The number of rotatable bonds is 1. The van der Waals surface area contributed by atoms with E-state index in [1.165, 1.54) is 0 Å². The molecule has 2 saturated heterocycles. The standard InChI is InChI=1S/C20H22BrClN6O2/c1-20(2,3)30-19(29)28-11-4-5-12(28)10-26(9-11)17-15-14(24-18(22)25-17)8-13(21)16-23-6-7-27(15)16/h6-8,11-12H,4-5,9-10H2,1-3H3/t11-,12+. The van der Waals surface area contributed by atoms with E-state index in [-0.39, 0.29) is 23.5 Å². The lowest BCUT2D eigenvalue weighted by Gasteiger charge is -2.42. The molecule has 2 bridgehead atoms. The summed E-state index contributed by atoms with van der Waals surface area (Å²) in [5, 5.41) is 0.200. The summed E-state index contributed by atoms with van der Waals surface area (Å²) in [4.78, 5) is 30.4. The van der Waals surface area contributed by atoms with Crippen molar-refractivity contribution in [2.24, 2.45) is 0 Å². The van der Waals surface area contributed by atoms with E-state index < -0.39 is 5.60 Å². The predicted molar refractivity (Wildman–Crippen MR) is 118 cm³/mol. The molecule has 5 rings (SSSR count). The Morgan fingerprint density at radius 3 is 2.60 bits per heavy atom. The maximum absolute atomic E-state index is 12.8. The van der Waals surface area contributed by atoms with Crippen LogP contribution in [0, 0.1) is 0 Å².